The summed E-state index contributed by atoms with van der Waals surface area (Å²) in [7, 11) is 1.53. The number of amides is 1. The van der Waals surface area contributed by atoms with E-state index < -0.39 is 22.9 Å². The molecule has 0 unspecified atom stereocenters. The molecule has 0 aliphatic rings. The number of aliphatic hydroxyl groups is 1. The molecule has 0 aliphatic carbocycles. The molecule has 10 heteroatoms. The minimum Gasteiger partial charge on any atom is -0.477 e. The van der Waals surface area contributed by atoms with E-state index in [1.165, 1.54) is 7.05 Å². The number of aromatic carboxylic acids is 1. The second-order valence-corrected chi connectivity index (χ2v) is 5.36. The normalized spacial score (nSPS) is 9.89. The van der Waals surface area contributed by atoms with Crippen LogP contribution in [0.4, 0.5) is 0 Å². The van der Waals surface area contributed by atoms with Crippen molar-refractivity contribution in [3.63, 3.8) is 0 Å². The maximum atomic E-state index is 11.8. The molecule has 0 atom stereocenters. The summed E-state index contributed by atoms with van der Waals surface area (Å²) in [6, 6.07) is 6.74. The maximum Gasteiger partial charge on any atom is 0.352 e. The topological polar surface area (TPSA) is 178 Å². The van der Waals surface area contributed by atoms with E-state index in [1.54, 1.807) is 24.3 Å². The van der Waals surface area contributed by atoms with Crippen LogP contribution in [0.1, 0.15) is 32.0 Å². The van der Waals surface area contributed by atoms with Crippen LogP contribution in [0.2, 0.25) is 0 Å². The first kappa shape index (κ1) is 21.8. The van der Waals surface area contributed by atoms with Gasteiger partial charge in [0.2, 0.25) is 0 Å². The van der Waals surface area contributed by atoms with Crippen LogP contribution in [-0.4, -0.2) is 52.3 Å². The van der Waals surface area contributed by atoms with Gasteiger partial charge in [-0.25, -0.2) is 9.59 Å². The van der Waals surface area contributed by atoms with Crippen LogP contribution in [0, 0.1) is 0 Å². The first-order chi connectivity index (χ1) is 12.8. The van der Waals surface area contributed by atoms with Gasteiger partial charge in [0, 0.05) is 24.7 Å². The fourth-order valence-corrected chi connectivity index (χ4v) is 2.17. The van der Waals surface area contributed by atoms with E-state index in [9.17, 15) is 19.2 Å². The predicted molar refractivity (Wildman–Crippen MR) is 98.0 cm³/mol. The van der Waals surface area contributed by atoms with Crippen LogP contribution < -0.4 is 22.3 Å². The van der Waals surface area contributed by atoms with Crippen molar-refractivity contribution in [3.8, 4) is 0 Å². The molecule has 1 heterocycles. The molecule has 0 bridgehead atoms. The van der Waals surface area contributed by atoms with Crippen molar-refractivity contribution in [2.24, 2.45) is 5.73 Å². The summed E-state index contributed by atoms with van der Waals surface area (Å²) < 4.78 is 0. The molecular weight excluding hydrogens is 356 g/mol. The van der Waals surface area contributed by atoms with Gasteiger partial charge in [-0.3, -0.25) is 14.6 Å². The monoisotopic (exact) mass is 378 g/mol. The number of rotatable bonds is 6. The highest BCUT2D eigenvalue weighted by atomic mass is 16.4. The van der Waals surface area contributed by atoms with Crippen molar-refractivity contribution >= 4 is 11.9 Å². The molecule has 0 radical (unpaired) electrons. The Bertz CT molecular complexity index is 884. The number of carbonyl (C=O) groups is 2. The van der Waals surface area contributed by atoms with Crippen molar-refractivity contribution in [3.05, 3.63) is 67.5 Å². The predicted octanol–water partition coefficient (Wildman–Crippen LogP) is -1.16. The zero-order chi connectivity index (χ0) is 20.4. The Morgan fingerprint density at radius 1 is 1.11 bits per heavy atom. The second-order valence-electron chi connectivity index (χ2n) is 5.36. The van der Waals surface area contributed by atoms with Crippen LogP contribution in [0.5, 0.6) is 0 Å². The zero-order valence-corrected chi connectivity index (χ0v) is 14.7. The number of carboxylic acids is 1. The molecule has 0 saturated carbocycles. The van der Waals surface area contributed by atoms with Gasteiger partial charge in [-0.15, -0.1) is 0 Å². The lowest BCUT2D eigenvalue weighted by Gasteiger charge is -2.06. The van der Waals surface area contributed by atoms with Crippen LogP contribution in [0.25, 0.3) is 0 Å². The molecule has 1 amide bonds. The quantitative estimate of drug-likeness (QED) is 0.367. The number of nitrogens with two attached hydrogens (primary N) is 1. The van der Waals surface area contributed by atoms with Gasteiger partial charge in [-0.05, 0) is 30.5 Å². The highest BCUT2D eigenvalue weighted by Crippen LogP contribution is 2.09. The number of carboxylic acid groups (broad SMARTS) is 1. The maximum absolute atomic E-state index is 11.8. The number of hydrogen-bond acceptors (Lipinski definition) is 6. The number of aromatic nitrogens is 2. The van der Waals surface area contributed by atoms with E-state index in [4.69, 9.17) is 15.9 Å². The van der Waals surface area contributed by atoms with E-state index in [2.05, 4.69) is 10.3 Å². The molecule has 0 spiro atoms. The number of benzene rings is 1. The molecule has 1 aromatic carbocycles. The highest BCUT2D eigenvalue weighted by Gasteiger charge is 2.15. The van der Waals surface area contributed by atoms with E-state index >= 15 is 0 Å². The summed E-state index contributed by atoms with van der Waals surface area (Å²) in [4.78, 5) is 49.6. The summed E-state index contributed by atoms with van der Waals surface area (Å²) >= 11 is 0. The number of aromatic amines is 2. The van der Waals surface area contributed by atoms with Crippen molar-refractivity contribution in [2.75, 3.05) is 20.2 Å². The Balaban J connectivity index is 0.000000828. The number of aliphatic hydroxyl groups excluding tert-OH is 1. The molecule has 0 fully saturated rings. The summed E-state index contributed by atoms with van der Waals surface area (Å²) in [5.41, 5.74) is 4.15. The van der Waals surface area contributed by atoms with Gasteiger partial charge in [-0.1, -0.05) is 12.1 Å². The lowest BCUT2D eigenvalue weighted by molar-refractivity contribution is 0.0688. The Morgan fingerprint density at radius 3 is 2.19 bits per heavy atom. The third-order valence-electron chi connectivity index (χ3n) is 3.49. The molecule has 2 aromatic rings. The Morgan fingerprint density at radius 2 is 1.70 bits per heavy atom. The van der Waals surface area contributed by atoms with Crippen LogP contribution >= 0.6 is 0 Å². The SMILES string of the molecule is CNC(=O)c1ccc(CCc2c(C(=O)O)[nH]c(=O)[nH]c2=O)cc1.NCCO. The number of hydrogen-bond donors (Lipinski definition) is 6. The molecule has 7 N–H and O–H groups in total. The van der Waals surface area contributed by atoms with Crippen molar-refractivity contribution in [1.29, 1.82) is 0 Å². The largest absolute Gasteiger partial charge is 0.477 e. The number of nitrogens with one attached hydrogen (secondary N) is 3. The molecule has 146 valence electrons. The van der Waals surface area contributed by atoms with E-state index in [0.29, 0.717) is 18.5 Å². The van der Waals surface area contributed by atoms with Gasteiger partial charge in [0.1, 0.15) is 5.69 Å². The summed E-state index contributed by atoms with van der Waals surface area (Å²) in [6.45, 7) is 0.472. The molecule has 0 saturated heterocycles. The first-order valence-electron chi connectivity index (χ1n) is 8.04. The minimum absolute atomic E-state index is 0.00692. The van der Waals surface area contributed by atoms with Gasteiger partial charge >= 0.3 is 11.7 Å². The average molecular weight is 378 g/mol. The minimum atomic E-state index is -1.36. The molecular formula is C17H22N4O6. The third kappa shape index (κ3) is 6.53. The van der Waals surface area contributed by atoms with E-state index in [-0.39, 0.29) is 24.5 Å². The average Bonchev–Trinajstić information content (AvgIpc) is 2.66. The smallest absolute Gasteiger partial charge is 0.352 e. The number of aryl methyl sites for hydroxylation is 1. The lowest BCUT2D eigenvalue weighted by atomic mass is 10.0. The Kier molecular flexibility index (Phi) is 8.63. The first-order valence-corrected chi connectivity index (χ1v) is 8.04. The van der Waals surface area contributed by atoms with Gasteiger partial charge < -0.3 is 26.2 Å². The number of carbonyl (C=O) groups excluding carboxylic acids is 1. The summed E-state index contributed by atoms with van der Waals surface area (Å²) in [5, 5.41) is 19.3. The van der Waals surface area contributed by atoms with Gasteiger partial charge in [0.25, 0.3) is 11.5 Å². The van der Waals surface area contributed by atoms with E-state index in [0.717, 1.165) is 5.56 Å². The van der Waals surface area contributed by atoms with Gasteiger partial charge in [-0.2, -0.15) is 0 Å². The fraction of sp³-hybridized carbons (Fsp3) is 0.294. The Hall–Kier alpha value is -3.24. The van der Waals surface area contributed by atoms with Gasteiger partial charge in [0.05, 0.1) is 6.61 Å². The van der Waals surface area contributed by atoms with Crippen molar-refractivity contribution in [2.45, 2.75) is 12.8 Å². The third-order valence-corrected chi connectivity index (χ3v) is 3.49. The van der Waals surface area contributed by atoms with Crippen LogP contribution in [0.3, 0.4) is 0 Å². The summed E-state index contributed by atoms with van der Waals surface area (Å²) in [5.74, 6) is -1.57. The second kappa shape index (κ2) is 10.7. The van der Waals surface area contributed by atoms with Crippen molar-refractivity contribution < 1.29 is 19.8 Å². The van der Waals surface area contributed by atoms with Gasteiger partial charge in [0.15, 0.2) is 0 Å². The number of H-pyrrole nitrogens is 2. The van der Waals surface area contributed by atoms with Crippen molar-refractivity contribution in [1.82, 2.24) is 15.3 Å². The standard InChI is InChI=1S/C15H15N3O5.C2H7NO/c1-16-12(19)9-5-2-8(3-6-9)4-7-10-11(14(21)22)17-15(23)18-13(10)20;3-1-2-4/h2-3,5-6H,4,7H2,1H3,(H,16,19)(H,21,22)(H2,17,18,20,23);4H,1-3H2. The molecule has 10 nitrogen and oxygen atoms in total. The van der Waals surface area contributed by atoms with Crippen LogP contribution in [-0.2, 0) is 12.8 Å². The molecule has 0 aliphatic heterocycles. The van der Waals surface area contributed by atoms with E-state index in [1.807, 2.05) is 4.98 Å². The highest BCUT2D eigenvalue weighted by molar-refractivity contribution is 5.93. The van der Waals surface area contributed by atoms with Crippen LogP contribution in [0.15, 0.2) is 33.9 Å². The summed E-state index contributed by atoms with van der Waals surface area (Å²) in [6.07, 6.45) is 0.538. The molecule has 2 rings (SSSR count). The molecule has 27 heavy (non-hydrogen) atoms. The Labute approximate surface area is 154 Å². The molecule has 1 aromatic heterocycles. The fourth-order valence-electron chi connectivity index (χ4n) is 2.17. The lowest BCUT2D eigenvalue weighted by Crippen LogP contribution is -2.30. The zero-order valence-electron chi connectivity index (χ0n) is 14.7.